The highest BCUT2D eigenvalue weighted by Gasteiger charge is 2.32. The molecule has 2 N–H and O–H groups in total. The molecule has 1 heterocycles. The molecule has 2 aromatic carbocycles. The highest BCUT2D eigenvalue weighted by molar-refractivity contribution is 6.31. The molecule has 1 unspecified atom stereocenters. The summed E-state index contributed by atoms with van der Waals surface area (Å²) in [6.07, 6.45) is -2.25. The molecule has 0 aliphatic rings. The number of carbonyl (C=O) groups excluding carboxylic acids is 1. The van der Waals surface area contributed by atoms with E-state index in [4.69, 9.17) is 11.6 Å². The van der Waals surface area contributed by atoms with E-state index >= 15 is 0 Å². The van der Waals surface area contributed by atoms with Crippen LogP contribution in [0.4, 0.5) is 13.2 Å². The van der Waals surface area contributed by atoms with Gasteiger partial charge in [0.05, 0.1) is 0 Å². The summed E-state index contributed by atoms with van der Waals surface area (Å²) in [5, 5.41) is 6.71. The Morgan fingerprint density at radius 3 is 2.36 bits per heavy atom. The summed E-state index contributed by atoms with van der Waals surface area (Å²) in [5.74, 6) is -0.194. The number of hydrogen-bond donors (Lipinski definition) is 2. The first kappa shape index (κ1) is 24.7. The number of rotatable bonds is 8. The molecule has 1 aromatic heterocycles. The molecule has 0 saturated carbocycles. The van der Waals surface area contributed by atoms with Crippen LogP contribution in [0.3, 0.4) is 0 Å². The van der Waals surface area contributed by atoms with Crippen molar-refractivity contribution in [2.45, 2.75) is 38.0 Å². The van der Waals surface area contributed by atoms with Crippen molar-refractivity contribution in [2.75, 3.05) is 7.05 Å². The van der Waals surface area contributed by atoms with E-state index in [2.05, 4.69) is 15.6 Å². The number of aromatic nitrogens is 1. The molecule has 174 valence electrons. The second kappa shape index (κ2) is 10.8. The van der Waals surface area contributed by atoms with Gasteiger partial charge in [-0.05, 0) is 54.2 Å². The third kappa shape index (κ3) is 6.55. The van der Waals surface area contributed by atoms with Crippen molar-refractivity contribution in [1.29, 1.82) is 0 Å². The van der Waals surface area contributed by atoms with Crippen LogP contribution in [-0.2, 0) is 17.4 Å². The SMILES string of the molecule is CNC(=O)C(N[C@@H](CCc1ccc(C(F)(F)F)nc1)c1ccc(C)c(Cl)c1)c1ccccc1. The largest absolute Gasteiger partial charge is 0.433 e. The van der Waals surface area contributed by atoms with Crippen LogP contribution in [-0.4, -0.2) is 17.9 Å². The van der Waals surface area contributed by atoms with Crippen LogP contribution in [0.5, 0.6) is 0 Å². The van der Waals surface area contributed by atoms with Crippen LogP contribution < -0.4 is 10.6 Å². The van der Waals surface area contributed by atoms with E-state index < -0.39 is 17.9 Å². The third-order valence-electron chi connectivity index (χ3n) is 5.44. The van der Waals surface area contributed by atoms with Gasteiger partial charge in [-0.2, -0.15) is 13.2 Å². The van der Waals surface area contributed by atoms with Crippen LogP contribution >= 0.6 is 11.6 Å². The van der Waals surface area contributed by atoms with Crippen LogP contribution in [0.1, 0.15) is 46.5 Å². The van der Waals surface area contributed by atoms with Crippen molar-refractivity contribution in [1.82, 2.24) is 15.6 Å². The molecule has 0 aliphatic heterocycles. The third-order valence-corrected chi connectivity index (χ3v) is 5.85. The molecular weight excluding hydrogens is 451 g/mol. The number of carbonyl (C=O) groups is 1. The van der Waals surface area contributed by atoms with Gasteiger partial charge in [-0.15, -0.1) is 0 Å². The molecule has 0 radical (unpaired) electrons. The van der Waals surface area contributed by atoms with Crippen molar-refractivity contribution >= 4 is 17.5 Å². The first-order valence-electron chi connectivity index (χ1n) is 10.5. The molecule has 3 rings (SSSR count). The molecule has 0 fully saturated rings. The number of benzene rings is 2. The summed E-state index contributed by atoms with van der Waals surface area (Å²) in [6, 6.07) is 16.5. The van der Waals surface area contributed by atoms with E-state index in [1.54, 1.807) is 7.05 Å². The molecule has 0 bridgehead atoms. The Morgan fingerprint density at radius 2 is 1.79 bits per heavy atom. The van der Waals surface area contributed by atoms with Gasteiger partial charge < -0.3 is 5.32 Å². The van der Waals surface area contributed by atoms with Gasteiger partial charge in [0.2, 0.25) is 5.91 Å². The second-order valence-corrected chi connectivity index (χ2v) is 8.18. The lowest BCUT2D eigenvalue weighted by Crippen LogP contribution is -2.38. The average Bonchev–Trinajstić information content (AvgIpc) is 2.81. The zero-order valence-corrected chi connectivity index (χ0v) is 19.0. The van der Waals surface area contributed by atoms with Crippen LogP contribution in [0.15, 0.2) is 66.9 Å². The Bertz CT molecular complexity index is 1070. The molecular formula is C25H25ClF3N3O. The molecule has 4 nitrogen and oxygen atoms in total. The van der Waals surface area contributed by atoms with Crippen LogP contribution in [0.25, 0.3) is 0 Å². The smallest absolute Gasteiger partial charge is 0.358 e. The average molecular weight is 476 g/mol. The molecule has 1 amide bonds. The van der Waals surface area contributed by atoms with Crippen molar-refractivity contribution in [3.63, 3.8) is 0 Å². The maximum absolute atomic E-state index is 12.8. The first-order chi connectivity index (χ1) is 15.7. The molecule has 33 heavy (non-hydrogen) atoms. The monoisotopic (exact) mass is 475 g/mol. The minimum Gasteiger partial charge on any atom is -0.358 e. The number of pyridine rings is 1. The summed E-state index contributed by atoms with van der Waals surface area (Å²) in [4.78, 5) is 16.2. The van der Waals surface area contributed by atoms with Gasteiger partial charge in [0.25, 0.3) is 0 Å². The lowest BCUT2D eigenvalue weighted by molar-refractivity contribution is -0.141. The van der Waals surface area contributed by atoms with Crippen molar-refractivity contribution in [3.05, 3.63) is 99.8 Å². The van der Waals surface area contributed by atoms with E-state index in [0.717, 1.165) is 22.8 Å². The quantitative estimate of drug-likeness (QED) is 0.432. The maximum Gasteiger partial charge on any atom is 0.433 e. The van der Waals surface area contributed by atoms with Gasteiger partial charge in [-0.1, -0.05) is 60.1 Å². The topological polar surface area (TPSA) is 54.0 Å². The lowest BCUT2D eigenvalue weighted by Gasteiger charge is -2.26. The van der Waals surface area contributed by atoms with Gasteiger partial charge in [0.15, 0.2) is 0 Å². The number of halogens is 4. The Balaban J connectivity index is 1.87. The summed E-state index contributed by atoms with van der Waals surface area (Å²) in [6.45, 7) is 1.90. The van der Waals surface area contributed by atoms with Crippen LogP contribution in [0.2, 0.25) is 5.02 Å². The Labute approximate surface area is 196 Å². The summed E-state index contributed by atoms with van der Waals surface area (Å²) < 4.78 is 38.4. The molecule has 0 spiro atoms. The Kier molecular flexibility index (Phi) is 8.10. The van der Waals surface area contributed by atoms with Crippen molar-refractivity contribution in [2.24, 2.45) is 0 Å². The number of nitrogens with zero attached hydrogens (tertiary/aromatic N) is 1. The standard InChI is InChI=1S/C25H25ClF3N3O/c1-16-8-11-19(14-20(16)26)21(12-9-17-10-13-22(31-15-17)25(27,28)29)32-23(24(33)30-2)18-6-4-3-5-7-18/h3-8,10-11,13-15,21,23,32H,9,12H2,1-2H3,(H,30,33)/t21-,23?/m0/s1. The fourth-order valence-corrected chi connectivity index (χ4v) is 3.73. The predicted molar refractivity (Wildman–Crippen MR) is 123 cm³/mol. The lowest BCUT2D eigenvalue weighted by atomic mass is 9.96. The minimum absolute atomic E-state index is 0.194. The normalized spacial score (nSPS) is 13.4. The van der Waals surface area contributed by atoms with Gasteiger partial charge >= 0.3 is 6.18 Å². The van der Waals surface area contributed by atoms with E-state index in [-0.39, 0.29) is 11.9 Å². The zero-order chi connectivity index (χ0) is 24.0. The number of nitrogens with one attached hydrogen (secondary N) is 2. The molecule has 0 saturated heterocycles. The van der Waals surface area contributed by atoms with Gasteiger partial charge in [-0.3, -0.25) is 15.1 Å². The van der Waals surface area contributed by atoms with Gasteiger partial charge in [-0.25, -0.2) is 0 Å². The van der Waals surface area contributed by atoms with E-state index in [9.17, 15) is 18.0 Å². The summed E-state index contributed by atoms with van der Waals surface area (Å²) in [5.41, 5.74) is 2.36. The minimum atomic E-state index is -4.47. The fraction of sp³-hybridized carbons (Fsp3) is 0.280. The number of aryl methyl sites for hydroxylation is 2. The maximum atomic E-state index is 12.8. The summed E-state index contributed by atoms with van der Waals surface area (Å²) >= 11 is 6.35. The van der Waals surface area contributed by atoms with E-state index in [1.807, 2.05) is 55.5 Å². The molecule has 2 atom stereocenters. The van der Waals surface area contributed by atoms with Gasteiger partial charge in [0.1, 0.15) is 11.7 Å². The second-order valence-electron chi connectivity index (χ2n) is 7.77. The van der Waals surface area contributed by atoms with E-state index in [1.165, 1.54) is 12.3 Å². The number of alkyl halides is 3. The molecule has 0 aliphatic carbocycles. The zero-order valence-electron chi connectivity index (χ0n) is 18.3. The number of likely N-dealkylation sites (N-methyl/N-ethyl adjacent to an activating group) is 1. The van der Waals surface area contributed by atoms with Crippen molar-refractivity contribution in [3.8, 4) is 0 Å². The molecule has 3 aromatic rings. The van der Waals surface area contributed by atoms with Crippen LogP contribution in [0, 0.1) is 6.92 Å². The van der Waals surface area contributed by atoms with Gasteiger partial charge in [0, 0.05) is 24.3 Å². The van der Waals surface area contributed by atoms with E-state index in [0.29, 0.717) is 23.4 Å². The number of hydrogen-bond acceptors (Lipinski definition) is 3. The highest BCUT2D eigenvalue weighted by atomic mass is 35.5. The summed E-state index contributed by atoms with van der Waals surface area (Å²) in [7, 11) is 1.57. The molecule has 8 heteroatoms. The Morgan fingerprint density at radius 1 is 1.06 bits per heavy atom. The first-order valence-corrected chi connectivity index (χ1v) is 10.9. The Hall–Kier alpha value is -2.90. The highest BCUT2D eigenvalue weighted by Crippen LogP contribution is 2.29. The predicted octanol–water partition coefficient (Wildman–Crippen LogP) is 5.81. The fourth-order valence-electron chi connectivity index (χ4n) is 3.54. The van der Waals surface area contributed by atoms with Crippen molar-refractivity contribution < 1.29 is 18.0 Å². The number of amides is 1.